The van der Waals surface area contributed by atoms with Gasteiger partial charge in [-0.2, -0.15) is 0 Å². The molecule has 1 aromatic heterocycles. The summed E-state index contributed by atoms with van der Waals surface area (Å²) in [5.41, 5.74) is -0.127. The van der Waals surface area contributed by atoms with Crippen LogP contribution in [0.15, 0.2) is 0 Å². The monoisotopic (exact) mass is 293 g/mol. The first-order valence-corrected chi connectivity index (χ1v) is 7.90. The van der Waals surface area contributed by atoms with E-state index in [0.29, 0.717) is 6.54 Å². The summed E-state index contributed by atoms with van der Waals surface area (Å²) in [5.74, 6) is 0.771. The van der Waals surface area contributed by atoms with Gasteiger partial charge < -0.3 is 10.2 Å². The molecule has 6 nitrogen and oxygen atoms in total. The van der Waals surface area contributed by atoms with Gasteiger partial charge in [-0.05, 0) is 25.9 Å². The molecule has 0 saturated carbocycles. The Bertz CT molecular complexity index is 455. The molecule has 1 aliphatic heterocycles. The molecule has 1 aliphatic rings. The number of rotatable bonds is 4. The van der Waals surface area contributed by atoms with Crippen LogP contribution in [-0.2, 0) is 5.41 Å². The van der Waals surface area contributed by atoms with Crippen molar-refractivity contribution in [2.24, 2.45) is 0 Å². The van der Waals surface area contributed by atoms with Gasteiger partial charge in [0.1, 0.15) is 5.82 Å². The van der Waals surface area contributed by atoms with Crippen LogP contribution in [0, 0.1) is 0 Å². The molecule has 118 valence electrons. The van der Waals surface area contributed by atoms with Crippen LogP contribution < -0.4 is 5.32 Å². The van der Waals surface area contributed by atoms with E-state index in [1.807, 2.05) is 20.8 Å². The summed E-state index contributed by atoms with van der Waals surface area (Å²) in [6.07, 6.45) is 5.19. The van der Waals surface area contributed by atoms with Gasteiger partial charge in [0.2, 0.25) is 5.82 Å². The fraction of sp³-hybridized carbons (Fsp3) is 0.800. The second kappa shape index (κ2) is 7.02. The predicted octanol–water partition coefficient (Wildman–Crippen LogP) is 1.71. The fourth-order valence-electron chi connectivity index (χ4n) is 2.47. The number of aromatic nitrogens is 3. The molecule has 0 aliphatic carbocycles. The maximum atomic E-state index is 12.0. The van der Waals surface area contributed by atoms with E-state index >= 15 is 0 Å². The van der Waals surface area contributed by atoms with Gasteiger partial charge in [-0.3, -0.25) is 9.89 Å². The number of hydrogen-bond acceptors (Lipinski definition) is 4. The largest absolute Gasteiger partial charge is 0.348 e. The van der Waals surface area contributed by atoms with Gasteiger partial charge in [0, 0.05) is 18.5 Å². The molecule has 0 unspecified atom stereocenters. The van der Waals surface area contributed by atoms with Crippen LogP contribution in [0.3, 0.4) is 0 Å². The van der Waals surface area contributed by atoms with E-state index in [0.717, 1.165) is 25.5 Å². The van der Waals surface area contributed by atoms with E-state index in [1.54, 1.807) is 0 Å². The summed E-state index contributed by atoms with van der Waals surface area (Å²) in [4.78, 5) is 18.7. The Kier molecular flexibility index (Phi) is 5.33. The average Bonchev–Trinajstić information content (AvgIpc) is 2.79. The molecule has 1 fully saturated rings. The van der Waals surface area contributed by atoms with Gasteiger partial charge in [-0.1, -0.05) is 33.6 Å². The van der Waals surface area contributed by atoms with Crippen LogP contribution in [0.4, 0.5) is 0 Å². The summed E-state index contributed by atoms with van der Waals surface area (Å²) >= 11 is 0. The van der Waals surface area contributed by atoms with Crippen LogP contribution in [0.1, 0.15) is 62.9 Å². The minimum Gasteiger partial charge on any atom is -0.348 e. The molecule has 0 radical (unpaired) electrons. The number of hydrogen-bond donors (Lipinski definition) is 2. The molecule has 0 aromatic carbocycles. The quantitative estimate of drug-likeness (QED) is 0.886. The molecule has 21 heavy (non-hydrogen) atoms. The second-order valence-electron chi connectivity index (χ2n) is 6.77. The van der Waals surface area contributed by atoms with Gasteiger partial charge in [0.25, 0.3) is 5.91 Å². The lowest BCUT2D eigenvalue weighted by molar-refractivity contribution is 0.0938. The highest BCUT2D eigenvalue weighted by atomic mass is 16.2. The standard InChI is InChI=1S/C15H27N5O/c1-15(2,3)14-17-12(18-19-14)13(21)16-8-11-20-9-6-4-5-7-10-20/h4-11H2,1-3H3,(H,16,21)(H,17,18,19). The van der Waals surface area contributed by atoms with Gasteiger partial charge in [-0.15, -0.1) is 5.10 Å². The Morgan fingerprint density at radius 1 is 1.24 bits per heavy atom. The summed E-state index contributed by atoms with van der Waals surface area (Å²) < 4.78 is 0. The van der Waals surface area contributed by atoms with Crippen LogP contribution in [0.25, 0.3) is 0 Å². The van der Waals surface area contributed by atoms with Crippen molar-refractivity contribution in [3.05, 3.63) is 11.6 Å². The third-order valence-corrected chi connectivity index (χ3v) is 3.81. The van der Waals surface area contributed by atoms with Crippen LogP contribution in [-0.4, -0.2) is 52.2 Å². The highest BCUT2D eigenvalue weighted by molar-refractivity contribution is 5.90. The lowest BCUT2D eigenvalue weighted by Crippen LogP contribution is -2.35. The van der Waals surface area contributed by atoms with Gasteiger partial charge in [0.15, 0.2) is 0 Å². The fourth-order valence-corrected chi connectivity index (χ4v) is 2.47. The first-order chi connectivity index (χ1) is 9.97. The van der Waals surface area contributed by atoms with Crippen LogP contribution >= 0.6 is 0 Å². The van der Waals surface area contributed by atoms with Crippen molar-refractivity contribution in [2.45, 2.75) is 51.9 Å². The maximum absolute atomic E-state index is 12.0. The first-order valence-electron chi connectivity index (χ1n) is 7.90. The lowest BCUT2D eigenvalue weighted by Gasteiger charge is -2.19. The van der Waals surface area contributed by atoms with Crippen LogP contribution in [0.2, 0.25) is 0 Å². The Morgan fingerprint density at radius 2 is 1.90 bits per heavy atom. The second-order valence-corrected chi connectivity index (χ2v) is 6.77. The SMILES string of the molecule is CC(C)(C)c1nc(C(=O)NCCN2CCCCCC2)n[nH]1. The number of aromatic amines is 1. The summed E-state index contributed by atoms with van der Waals surface area (Å²) in [7, 11) is 0. The highest BCUT2D eigenvalue weighted by Crippen LogP contribution is 2.17. The third kappa shape index (κ3) is 4.81. The van der Waals surface area contributed by atoms with Gasteiger partial charge in [-0.25, -0.2) is 4.98 Å². The van der Waals surface area contributed by atoms with Crippen molar-refractivity contribution < 1.29 is 4.79 Å². The van der Waals surface area contributed by atoms with E-state index in [1.165, 1.54) is 25.7 Å². The van der Waals surface area contributed by atoms with E-state index in [4.69, 9.17) is 0 Å². The molecular weight excluding hydrogens is 266 g/mol. The average molecular weight is 293 g/mol. The summed E-state index contributed by atoms with van der Waals surface area (Å²) in [6, 6.07) is 0. The highest BCUT2D eigenvalue weighted by Gasteiger charge is 2.21. The van der Waals surface area contributed by atoms with E-state index in [-0.39, 0.29) is 17.1 Å². The predicted molar refractivity (Wildman–Crippen MR) is 82.3 cm³/mol. The van der Waals surface area contributed by atoms with Crippen molar-refractivity contribution in [3.8, 4) is 0 Å². The zero-order valence-electron chi connectivity index (χ0n) is 13.4. The molecule has 2 heterocycles. The summed E-state index contributed by atoms with van der Waals surface area (Å²) in [5, 5.41) is 9.75. The molecule has 0 spiro atoms. The Morgan fingerprint density at radius 3 is 2.48 bits per heavy atom. The molecule has 1 amide bonds. The van der Waals surface area contributed by atoms with E-state index in [2.05, 4.69) is 25.4 Å². The summed E-state index contributed by atoms with van der Waals surface area (Å²) in [6.45, 7) is 9.95. The smallest absolute Gasteiger partial charge is 0.291 e. The maximum Gasteiger partial charge on any atom is 0.291 e. The Balaban J connectivity index is 1.77. The van der Waals surface area contributed by atoms with E-state index in [9.17, 15) is 4.79 Å². The van der Waals surface area contributed by atoms with Gasteiger partial charge >= 0.3 is 0 Å². The number of carbonyl (C=O) groups is 1. The van der Waals surface area contributed by atoms with Crippen molar-refractivity contribution >= 4 is 5.91 Å². The van der Waals surface area contributed by atoms with Crippen LogP contribution in [0.5, 0.6) is 0 Å². The van der Waals surface area contributed by atoms with Crippen molar-refractivity contribution in [1.29, 1.82) is 0 Å². The number of H-pyrrole nitrogens is 1. The normalized spacial score (nSPS) is 17.5. The minimum absolute atomic E-state index is 0.127. The number of amides is 1. The molecule has 1 saturated heterocycles. The third-order valence-electron chi connectivity index (χ3n) is 3.81. The zero-order chi connectivity index (χ0) is 15.3. The molecule has 0 atom stereocenters. The zero-order valence-corrected chi connectivity index (χ0v) is 13.4. The number of carbonyl (C=O) groups excluding carboxylic acids is 1. The number of likely N-dealkylation sites (tertiary alicyclic amines) is 1. The molecular formula is C15H27N5O. The first kappa shape index (κ1) is 15.9. The molecule has 0 bridgehead atoms. The molecule has 1 aromatic rings. The number of nitrogens with zero attached hydrogens (tertiary/aromatic N) is 3. The van der Waals surface area contributed by atoms with Crippen molar-refractivity contribution in [2.75, 3.05) is 26.2 Å². The van der Waals surface area contributed by atoms with Gasteiger partial charge in [0.05, 0.1) is 0 Å². The number of nitrogens with one attached hydrogen (secondary N) is 2. The Hall–Kier alpha value is -1.43. The molecule has 2 rings (SSSR count). The van der Waals surface area contributed by atoms with Crippen molar-refractivity contribution in [3.63, 3.8) is 0 Å². The van der Waals surface area contributed by atoms with Crippen molar-refractivity contribution in [1.82, 2.24) is 25.4 Å². The molecule has 6 heteroatoms. The Labute approximate surface area is 126 Å². The lowest BCUT2D eigenvalue weighted by atomic mass is 9.96. The topological polar surface area (TPSA) is 73.9 Å². The minimum atomic E-state index is -0.198. The molecule has 2 N–H and O–H groups in total. The van der Waals surface area contributed by atoms with E-state index < -0.39 is 0 Å².